The number of likely N-dealkylation sites (N-methyl/N-ethyl adjacent to an activating group) is 1. The number of carbonyl (C=O) groups excluding carboxylic acids is 1. The number of nitrogens with one attached hydrogen (secondary N) is 1. The molecule has 106 valence electrons. The lowest BCUT2D eigenvalue weighted by Gasteiger charge is -2.23. The Kier molecular flexibility index (Phi) is 5.56. The van der Waals surface area contributed by atoms with Gasteiger partial charge in [0, 0.05) is 20.6 Å². The Morgan fingerprint density at radius 2 is 2.15 bits per heavy atom. The average Bonchev–Trinajstić information content (AvgIpc) is 2.92. The molecule has 1 N–H and O–H groups in total. The van der Waals surface area contributed by atoms with E-state index in [9.17, 15) is 4.79 Å². The number of hydrogen-bond donors (Lipinski definition) is 1. The van der Waals surface area contributed by atoms with Gasteiger partial charge >= 0.3 is 0 Å². The highest BCUT2D eigenvalue weighted by Gasteiger charge is 2.16. The third-order valence-electron chi connectivity index (χ3n) is 3.04. The first-order chi connectivity index (χ1) is 9.58. The van der Waals surface area contributed by atoms with Crippen LogP contribution >= 0.6 is 33.9 Å². The van der Waals surface area contributed by atoms with E-state index < -0.39 is 0 Å². The summed E-state index contributed by atoms with van der Waals surface area (Å²) in [4.78, 5) is 15.6. The molecule has 20 heavy (non-hydrogen) atoms. The van der Waals surface area contributed by atoms with Crippen molar-refractivity contribution in [3.8, 4) is 0 Å². The molecular weight excluding hydrogens is 383 g/mol. The number of hydrogen-bond acceptors (Lipinski definition) is 3. The third-order valence-corrected chi connectivity index (χ3v) is 4.68. The van der Waals surface area contributed by atoms with Crippen molar-refractivity contribution in [2.75, 3.05) is 20.6 Å². The minimum absolute atomic E-state index is 0.0214. The monoisotopic (exact) mass is 400 g/mol. The van der Waals surface area contributed by atoms with Crippen molar-refractivity contribution in [1.82, 2.24) is 10.2 Å². The van der Waals surface area contributed by atoms with Gasteiger partial charge < -0.3 is 10.2 Å². The van der Waals surface area contributed by atoms with Gasteiger partial charge in [-0.2, -0.15) is 0 Å². The molecular formula is C15H17IN2OS. The molecule has 0 aliphatic carbocycles. The fraction of sp³-hybridized carbons (Fsp3) is 0.267. The Hall–Kier alpha value is -0.920. The van der Waals surface area contributed by atoms with Crippen molar-refractivity contribution in [3.63, 3.8) is 0 Å². The van der Waals surface area contributed by atoms with Gasteiger partial charge in [0.05, 0.1) is 6.04 Å². The molecule has 3 nitrogen and oxygen atoms in total. The van der Waals surface area contributed by atoms with E-state index >= 15 is 0 Å². The summed E-state index contributed by atoms with van der Waals surface area (Å²) in [7, 11) is 4.06. The normalized spacial score (nSPS) is 12.4. The molecule has 0 radical (unpaired) electrons. The summed E-state index contributed by atoms with van der Waals surface area (Å²) in [5, 5.41) is 5.08. The number of amides is 1. The van der Waals surface area contributed by atoms with E-state index in [2.05, 4.69) is 44.3 Å². The fourth-order valence-electron chi connectivity index (χ4n) is 1.94. The topological polar surface area (TPSA) is 32.3 Å². The molecule has 5 heteroatoms. The molecule has 1 heterocycles. The van der Waals surface area contributed by atoms with Crippen LogP contribution < -0.4 is 5.32 Å². The first-order valence-corrected chi connectivity index (χ1v) is 8.27. The Bertz CT molecular complexity index is 569. The van der Waals surface area contributed by atoms with Crippen LogP contribution in [0.4, 0.5) is 0 Å². The van der Waals surface area contributed by atoms with Crippen LogP contribution in [0.1, 0.15) is 21.3 Å². The highest BCUT2D eigenvalue weighted by Crippen LogP contribution is 2.22. The summed E-state index contributed by atoms with van der Waals surface area (Å²) in [6.07, 6.45) is 0. The zero-order valence-electron chi connectivity index (χ0n) is 11.5. The summed E-state index contributed by atoms with van der Waals surface area (Å²) in [5.74, 6) is -0.0214. The maximum absolute atomic E-state index is 12.2. The van der Waals surface area contributed by atoms with Crippen LogP contribution in [0, 0.1) is 3.57 Å². The molecule has 0 fully saturated rings. The van der Waals surface area contributed by atoms with Crippen LogP contribution in [0.25, 0.3) is 0 Å². The largest absolute Gasteiger partial charge is 0.350 e. The smallest absolute Gasteiger partial charge is 0.251 e. The van der Waals surface area contributed by atoms with Gasteiger partial charge in [0.2, 0.25) is 0 Å². The predicted octanol–water partition coefficient (Wildman–Crippen LogP) is 3.39. The van der Waals surface area contributed by atoms with Crippen molar-refractivity contribution in [2.45, 2.75) is 6.04 Å². The number of carbonyl (C=O) groups is 1. The maximum Gasteiger partial charge on any atom is 0.251 e. The molecule has 2 rings (SSSR count). The molecule has 0 bridgehead atoms. The molecule has 0 saturated heterocycles. The minimum Gasteiger partial charge on any atom is -0.350 e. The van der Waals surface area contributed by atoms with Gasteiger partial charge in [-0.3, -0.25) is 4.79 Å². The molecule has 0 aliphatic rings. The second-order valence-corrected chi connectivity index (χ2v) is 6.94. The summed E-state index contributed by atoms with van der Waals surface area (Å²) in [5.41, 5.74) is 0.709. The maximum atomic E-state index is 12.2. The highest BCUT2D eigenvalue weighted by atomic mass is 127. The zero-order chi connectivity index (χ0) is 14.5. The fourth-order valence-corrected chi connectivity index (χ4v) is 3.41. The second kappa shape index (κ2) is 7.19. The Labute approximate surface area is 137 Å². The molecule has 2 aromatic rings. The van der Waals surface area contributed by atoms with E-state index in [4.69, 9.17) is 0 Å². The van der Waals surface area contributed by atoms with Gasteiger partial charge in [0.15, 0.2) is 0 Å². The molecule has 1 amide bonds. The van der Waals surface area contributed by atoms with Gasteiger partial charge in [-0.1, -0.05) is 12.1 Å². The molecule has 1 unspecified atom stereocenters. The third kappa shape index (κ3) is 4.04. The Balaban J connectivity index is 2.01. The van der Waals surface area contributed by atoms with Crippen molar-refractivity contribution in [3.05, 3.63) is 55.8 Å². The molecule has 0 aliphatic heterocycles. The second-order valence-electron chi connectivity index (χ2n) is 4.72. The minimum atomic E-state index is -0.0214. The summed E-state index contributed by atoms with van der Waals surface area (Å²) >= 11 is 3.93. The van der Waals surface area contributed by atoms with E-state index in [0.717, 1.165) is 3.57 Å². The highest BCUT2D eigenvalue weighted by molar-refractivity contribution is 14.1. The van der Waals surface area contributed by atoms with E-state index in [1.807, 2.05) is 44.4 Å². The quantitative estimate of drug-likeness (QED) is 0.781. The summed E-state index contributed by atoms with van der Waals surface area (Å²) in [6.45, 7) is 0.609. The number of thiophene rings is 1. The molecule has 1 aromatic heterocycles. The Morgan fingerprint density at radius 3 is 2.75 bits per heavy atom. The van der Waals surface area contributed by atoms with Gasteiger partial charge in [-0.15, -0.1) is 11.3 Å². The lowest BCUT2D eigenvalue weighted by atomic mass is 10.2. The SMILES string of the molecule is CN(C)C(CNC(=O)c1cccc(I)c1)c1cccs1. The van der Waals surface area contributed by atoms with Crippen molar-refractivity contribution >= 4 is 39.8 Å². The van der Waals surface area contributed by atoms with E-state index in [-0.39, 0.29) is 11.9 Å². The number of halogens is 1. The van der Waals surface area contributed by atoms with Gasteiger partial charge in [0.25, 0.3) is 5.91 Å². The van der Waals surface area contributed by atoms with Gasteiger partial charge in [0.1, 0.15) is 0 Å². The molecule has 1 atom stereocenters. The molecule has 0 spiro atoms. The number of rotatable bonds is 5. The van der Waals surface area contributed by atoms with Crippen LogP contribution in [0.15, 0.2) is 41.8 Å². The molecule has 1 aromatic carbocycles. The van der Waals surface area contributed by atoms with Crippen LogP contribution in [0.3, 0.4) is 0 Å². The number of benzene rings is 1. The predicted molar refractivity (Wildman–Crippen MR) is 92.2 cm³/mol. The van der Waals surface area contributed by atoms with E-state index in [1.165, 1.54) is 4.88 Å². The first-order valence-electron chi connectivity index (χ1n) is 6.31. The number of nitrogens with zero attached hydrogens (tertiary/aromatic N) is 1. The Morgan fingerprint density at radius 1 is 1.35 bits per heavy atom. The summed E-state index contributed by atoms with van der Waals surface area (Å²) in [6, 6.07) is 12.0. The van der Waals surface area contributed by atoms with Crippen molar-refractivity contribution in [2.24, 2.45) is 0 Å². The summed E-state index contributed by atoms with van der Waals surface area (Å²) < 4.78 is 1.07. The lowest BCUT2D eigenvalue weighted by Crippen LogP contribution is -2.34. The van der Waals surface area contributed by atoms with E-state index in [0.29, 0.717) is 12.1 Å². The van der Waals surface area contributed by atoms with Gasteiger partial charge in [-0.25, -0.2) is 0 Å². The average molecular weight is 400 g/mol. The first kappa shape index (κ1) is 15.5. The zero-order valence-corrected chi connectivity index (χ0v) is 14.4. The van der Waals surface area contributed by atoms with Crippen LogP contribution in [-0.4, -0.2) is 31.4 Å². The van der Waals surface area contributed by atoms with Crippen LogP contribution in [0.5, 0.6) is 0 Å². The van der Waals surface area contributed by atoms with E-state index in [1.54, 1.807) is 11.3 Å². The lowest BCUT2D eigenvalue weighted by molar-refractivity contribution is 0.0942. The standard InChI is InChI=1S/C15H17IN2OS/c1-18(2)13(14-7-4-8-20-14)10-17-15(19)11-5-3-6-12(16)9-11/h3-9,13H,10H2,1-2H3,(H,17,19). The van der Waals surface area contributed by atoms with Crippen molar-refractivity contribution < 1.29 is 4.79 Å². The van der Waals surface area contributed by atoms with Gasteiger partial charge in [-0.05, 0) is 66.3 Å². The van der Waals surface area contributed by atoms with Crippen molar-refractivity contribution in [1.29, 1.82) is 0 Å². The molecule has 0 saturated carbocycles. The van der Waals surface area contributed by atoms with Crippen LogP contribution in [0.2, 0.25) is 0 Å². The van der Waals surface area contributed by atoms with Crippen LogP contribution in [-0.2, 0) is 0 Å².